The van der Waals surface area contributed by atoms with Gasteiger partial charge in [0.25, 0.3) is 0 Å². The summed E-state index contributed by atoms with van der Waals surface area (Å²) in [5.74, 6) is 0.857. The molecule has 1 fully saturated rings. The van der Waals surface area contributed by atoms with Gasteiger partial charge in [0.2, 0.25) is 5.28 Å². The molecule has 0 radical (unpaired) electrons. The molecule has 2 rings (SSSR count). The number of halogens is 2. The fourth-order valence-corrected chi connectivity index (χ4v) is 2.36. The summed E-state index contributed by atoms with van der Waals surface area (Å²) in [4.78, 5) is 10.4. The molecular formula is C10H13BrClN3O. The van der Waals surface area contributed by atoms with Gasteiger partial charge in [-0.3, -0.25) is 0 Å². The number of morpholine rings is 1. The Kier molecular flexibility index (Phi) is 4.00. The van der Waals surface area contributed by atoms with E-state index in [1.807, 2.05) is 0 Å². The second-order valence-corrected chi connectivity index (χ2v) is 4.83. The topological polar surface area (TPSA) is 38.2 Å². The average Bonchev–Trinajstić information content (AvgIpc) is 2.32. The zero-order valence-electron chi connectivity index (χ0n) is 8.99. The number of nitrogens with zero attached hydrogens (tertiary/aromatic N) is 3. The average molecular weight is 307 g/mol. The van der Waals surface area contributed by atoms with Crippen LogP contribution in [0.1, 0.15) is 13.3 Å². The second-order valence-electron chi connectivity index (χ2n) is 3.64. The quantitative estimate of drug-likeness (QED) is 0.787. The van der Waals surface area contributed by atoms with Crippen LogP contribution in [0.2, 0.25) is 5.28 Å². The van der Waals surface area contributed by atoms with Gasteiger partial charge >= 0.3 is 0 Å². The van der Waals surface area contributed by atoms with Crippen LogP contribution in [0, 0.1) is 0 Å². The highest BCUT2D eigenvalue weighted by molar-refractivity contribution is 9.10. The molecule has 1 aliphatic rings. The summed E-state index contributed by atoms with van der Waals surface area (Å²) >= 11 is 9.28. The SMILES string of the molecule is CCC1COCCN1c1nc(Cl)ncc1Br. The highest BCUT2D eigenvalue weighted by Gasteiger charge is 2.24. The Hall–Kier alpha value is -0.390. The van der Waals surface area contributed by atoms with Crippen LogP contribution in [0.4, 0.5) is 5.82 Å². The molecule has 1 aromatic heterocycles. The third kappa shape index (κ3) is 2.47. The van der Waals surface area contributed by atoms with E-state index in [1.54, 1.807) is 6.20 Å². The van der Waals surface area contributed by atoms with Crippen LogP contribution < -0.4 is 4.90 Å². The van der Waals surface area contributed by atoms with E-state index in [0.29, 0.717) is 6.04 Å². The van der Waals surface area contributed by atoms with Crippen molar-refractivity contribution in [3.05, 3.63) is 16.0 Å². The minimum Gasteiger partial charge on any atom is -0.377 e. The monoisotopic (exact) mass is 305 g/mol. The molecule has 6 heteroatoms. The molecule has 0 amide bonds. The van der Waals surface area contributed by atoms with Crippen LogP contribution >= 0.6 is 27.5 Å². The van der Waals surface area contributed by atoms with Crippen LogP contribution in [0.15, 0.2) is 10.7 Å². The predicted molar refractivity (Wildman–Crippen MR) is 67.0 cm³/mol. The third-order valence-electron chi connectivity index (χ3n) is 2.67. The molecule has 0 bridgehead atoms. The van der Waals surface area contributed by atoms with Gasteiger partial charge in [-0.1, -0.05) is 6.92 Å². The smallest absolute Gasteiger partial charge is 0.224 e. The lowest BCUT2D eigenvalue weighted by Crippen LogP contribution is -2.45. The second kappa shape index (κ2) is 5.29. The first-order valence-corrected chi connectivity index (χ1v) is 6.42. The van der Waals surface area contributed by atoms with Crippen molar-refractivity contribution in [1.29, 1.82) is 0 Å². The van der Waals surface area contributed by atoms with Crippen molar-refractivity contribution in [3.8, 4) is 0 Å². The highest BCUT2D eigenvalue weighted by Crippen LogP contribution is 2.27. The summed E-state index contributed by atoms with van der Waals surface area (Å²) in [6.45, 7) is 4.45. The molecule has 0 spiro atoms. The highest BCUT2D eigenvalue weighted by atomic mass is 79.9. The molecule has 1 atom stereocenters. The number of ether oxygens (including phenoxy) is 1. The maximum atomic E-state index is 5.83. The molecule has 0 saturated carbocycles. The van der Waals surface area contributed by atoms with Gasteiger partial charge in [0.1, 0.15) is 5.82 Å². The van der Waals surface area contributed by atoms with E-state index in [1.165, 1.54) is 0 Å². The van der Waals surface area contributed by atoms with Gasteiger partial charge in [-0.05, 0) is 34.0 Å². The first kappa shape index (κ1) is 12.1. The summed E-state index contributed by atoms with van der Waals surface area (Å²) in [6.07, 6.45) is 2.71. The normalized spacial score (nSPS) is 21.2. The van der Waals surface area contributed by atoms with Crippen LogP contribution in [0.3, 0.4) is 0 Å². The zero-order chi connectivity index (χ0) is 11.5. The van der Waals surface area contributed by atoms with Gasteiger partial charge in [0, 0.05) is 12.7 Å². The van der Waals surface area contributed by atoms with Gasteiger partial charge in [-0.15, -0.1) is 0 Å². The van der Waals surface area contributed by atoms with E-state index < -0.39 is 0 Å². The Morgan fingerprint density at radius 3 is 3.25 bits per heavy atom. The molecule has 88 valence electrons. The summed E-state index contributed by atoms with van der Waals surface area (Å²) in [7, 11) is 0. The molecule has 16 heavy (non-hydrogen) atoms. The fourth-order valence-electron chi connectivity index (χ4n) is 1.81. The fraction of sp³-hybridized carbons (Fsp3) is 0.600. The maximum Gasteiger partial charge on any atom is 0.224 e. The van der Waals surface area contributed by atoms with Crippen molar-refractivity contribution < 1.29 is 4.74 Å². The zero-order valence-corrected chi connectivity index (χ0v) is 11.3. The Morgan fingerprint density at radius 1 is 1.69 bits per heavy atom. The Balaban J connectivity index is 2.30. The lowest BCUT2D eigenvalue weighted by Gasteiger charge is -2.36. The number of hydrogen-bond donors (Lipinski definition) is 0. The molecule has 2 heterocycles. The van der Waals surface area contributed by atoms with E-state index >= 15 is 0 Å². The molecule has 0 aliphatic carbocycles. The first-order valence-electron chi connectivity index (χ1n) is 5.24. The lowest BCUT2D eigenvalue weighted by atomic mass is 10.2. The summed E-state index contributed by atoms with van der Waals surface area (Å²) < 4.78 is 6.33. The van der Waals surface area contributed by atoms with Crippen molar-refractivity contribution in [2.24, 2.45) is 0 Å². The van der Waals surface area contributed by atoms with E-state index in [4.69, 9.17) is 16.3 Å². The van der Waals surface area contributed by atoms with E-state index in [2.05, 4.69) is 37.7 Å². The van der Waals surface area contributed by atoms with Crippen LogP contribution in [-0.2, 0) is 4.74 Å². The maximum absolute atomic E-state index is 5.83. The predicted octanol–water partition coefficient (Wildman–Crippen LogP) is 2.51. The molecular weight excluding hydrogens is 293 g/mol. The molecule has 1 unspecified atom stereocenters. The lowest BCUT2D eigenvalue weighted by molar-refractivity contribution is 0.0925. The third-order valence-corrected chi connectivity index (χ3v) is 3.41. The van der Waals surface area contributed by atoms with E-state index in [-0.39, 0.29) is 5.28 Å². The Bertz CT molecular complexity index is 377. The van der Waals surface area contributed by atoms with Gasteiger partial charge in [-0.2, -0.15) is 4.98 Å². The van der Waals surface area contributed by atoms with Crippen molar-refractivity contribution >= 4 is 33.3 Å². The van der Waals surface area contributed by atoms with E-state index in [9.17, 15) is 0 Å². The Labute approximate surface area is 108 Å². The van der Waals surface area contributed by atoms with Crippen LogP contribution in [0.25, 0.3) is 0 Å². The van der Waals surface area contributed by atoms with Crippen molar-refractivity contribution in [2.45, 2.75) is 19.4 Å². The molecule has 4 nitrogen and oxygen atoms in total. The Morgan fingerprint density at radius 2 is 2.50 bits per heavy atom. The van der Waals surface area contributed by atoms with Crippen molar-refractivity contribution in [3.63, 3.8) is 0 Å². The van der Waals surface area contributed by atoms with Crippen LogP contribution in [-0.4, -0.2) is 35.8 Å². The number of hydrogen-bond acceptors (Lipinski definition) is 4. The number of anilines is 1. The van der Waals surface area contributed by atoms with Crippen molar-refractivity contribution in [1.82, 2.24) is 9.97 Å². The minimum atomic E-state index is 0.277. The van der Waals surface area contributed by atoms with Gasteiger partial charge in [0.15, 0.2) is 0 Å². The van der Waals surface area contributed by atoms with Crippen LogP contribution in [0.5, 0.6) is 0 Å². The molecule has 0 N–H and O–H groups in total. The van der Waals surface area contributed by atoms with Crippen molar-refractivity contribution in [2.75, 3.05) is 24.7 Å². The largest absolute Gasteiger partial charge is 0.377 e. The van der Waals surface area contributed by atoms with Gasteiger partial charge in [0.05, 0.1) is 23.7 Å². The number of aromatic nitrogens is 2. The molecule has 1 saturated heterocycles. The summed E-state index contributed by atoms with van der Waals surface area (Å²) in [6, 6.07) is 0.357. The number of rotatable bonds is 2. The summed E-state index contributed by atoms with van der Waals surface area (Å²) in [5.41, 5.74) is 0. The van der Waals surface area contributed by atoms with E-state index in [0.717, 1.165) is 36.5 Å². The van der Waals surface area contributed by atoms with Gasteiger partial charge in [-0.25, -0.2) is 4.98 Å². The van der Waals surface area contributed by atoms with Gasteiger partial charge < -0.3 is 9.64 Å². The summed E-state index contributed by atoms with van der Waals surface area (Å²) in [5, 5.41) is 0.277. The minimum absolute atomic E-state index is 0.277. The standard InChI is InChI=1S/C10H13BrClN3O/c1-2-7-6-16-4-3-15(7)9-8(11)5-13-10(12)14-9/h5,7H,2-4,6H2,1H3. The molecule has 1 aromatic rings. The molecule has 0 aromatic carbocycles. The molecule has 1 aliphatic heterocycles. The first-order chi connectivity index (χ1) is 7.72.